The molecule has 0 saturated carbocycles. The molecule has 71 valence electrons. The molecule has 1 aromatic heterocycles. The summed E-state index contributed by atoms with van der Waals surface area (Å²) in [5.74, 6) is 0.756. The fourth-order valence-electron chi connectivity index (χ4n) is 1.15. The van der Waals surface area contributed by atoms with Gasteiger partial charge in [-0.2, -0.15) is 9.97 Å². The van der Waals surface area contributed by atoms with Gasteiger partial charge in [-0.3, -0.25) is 0 Å². The highest BCUT2D eigenvalue weighted by Crippen LogP contribution is 2.19. The van der Waals surface area contributed by atoms with Crippen molar-refractivity contribution in [2.45, 2.75) is 0 Å². The van der Waals surface area contributed by atoms with E-state index in [4.69, 9.17) is 9.47 Å². The Bertz CT molecular complexity index is 418. The standard InChI is InChI=1S/C10H9N2O2/c1-13-8-4-3-7-6-11-10(14-2)12-9(7)5-8/h3-5H,1-2H3. The predicted molar refractivity (Wildman–Crippen MR) is 51.5 cm³/mol. The number of aromatic nitrogens is 2. The maximum Gasteiger partial charge on any atom is 0.317 e. The second-order valence-corrected chi connectivity index (χ2v) is 2.71. The number of methoxy groups -OCH3 is 2. The summed E-state index contributed by atoms with van der Waals surface area (Å²) in [4.78, 5) is 8.04. The molecule has 1 radical (unpaired) electrons. The number of hydrogen-bond donors (Lipinski definition) is 0. The van der Waals surface area contributed by atoms with Gasteiger partial charge in [-0.1, -0.05) is 0 Å². The molecule has 14 heavy (non-hydrogen) atoms. The van der Waals surface area contributed by atoms with Gasteiger partial charge < -0.3 is 9.47 Å². The van der Waals surface area contributed by atoms with E-state index in [1.165, 1.54) is 7.11 Å². The summed E-state index contributed by atoms with van der Waals surface area (Å²) in [6.07, 6.45) is 2.83. The molecule has 0 saturated heterocycles. The van der Waals surface area contributed by atoms with Gasteiger partial charge in [-0.25, -0.2) is 0 Å². The zero-order valence-electron chi connectivity index (χ0n) is 7.94. The van der Waals surface area contributed by atoms with Gasteiger partial charge in [0.2, 0.25) is 0 Å². The Hall–Kier alpha value is -1.84. The largest absolute Gasteiger partial charge is 0.497 e. The molecule has 0 bridgehead atoms. The SMILES string of the molecule is COc1ccc2[c]nc(OC)nc2c1. The molecule has 4 nitrogen and oxygen atoms in total. The Kier molecular flexibility index (Phi) is 2.18. The lowest BCUT2D eigenvalue weighted by Gasteiger charge is -2.02. The van der Waals surface area contributed by atoms with Gasteiger partial charge >= 0.3 is 6.01 Å². The van der Waals surface area contributed by atoms with Crippen molar-refractivity contribution < 1.29 is 9.47 Å². The Balaban J connectivity index is 2.60. The Morgan fingerprint density at radius 1 is 1.21 bits per heavy atom. The molecule has 0 aliphatic carbocycles. The first-order chi connectivity index (χ1) is 6.83. The van der Waals surface area contributed by atoms with Crippen molar-refractivity contribution in [2.24, 2.45) is 0 Å². The number of hydrogen-bond acceptors (Lipinski definition) is 4. The van der Waals surface area contributed by atoms with Crippen LogP contribution in [0.3, 0.4) is 0 Å². The average Bonchev–Trinajstić information content (AvgIpc) is 2.27. The number of fused-ring (bicyclic) bond motifs is 1. The smallest absolute Gasteiger partial charge is 0.317 e. The van der Waals surface area contributed by atoms with E-state index in [0.717, 1.165) is 16.7 Å². The van der Waals surface area contributed by atoms with Gasteiger partial charge in [0.1, 0.15) is 11.9 Å². The van der Waals surface area contributed by atoms with E-state index in [1.54, 1.807) is 7.11 Å². The molecule has 0 fully saturated rings. The van der Waals surface area contributed by atoms with Gasteiger partial charge in [-0.05, 0) is 12.1 Å². The molecular formula is C10H9N2O2. The lowest BCUT2D eigenvalue weighted by Crippen LogP contribution is -1.92. The van der Waals surface area contributed by atoms with Crippen LogP contribution in [0.4, 0.5) is 0 Å². The first-order valence-corrected chi connectivity index (χ1v) is 4.11. The summed E-state index contributed by atoms with van der Waals surface area (Å²) in [6.45, 7) is 0. The highest BCUT2D eigenvalue weighted by Gasteiger charge is 2.01. The van der Waals surface area contributed by atoms with Crippen LogP contribution in [0.25, 0.3) is 10.9 Å². The van der Waals surface area contributed by atoms with Crippen molar-refractivity contribution >= 4 is 10.9 Å². The molecule has 0 aliphatic rings. The minimum absolute atomic E-state index is 0.311. The number of nitrogens with zero attached hydrogens (tertiary/aromatic N) is 2. The number of rotatable bonds is 2. The van der Waals surface area contributed by atoms with Gasteiger partial charge in [-0.15, -0.1) is 0 Å². The molecule has 2 rings (SSSR count). The summed E-state index contributed by atoms with van der Waals surface area (Å²) in [7, 11) is 3.14. The normalized spacial score (nSPS) is 10.1. The van der Waals surface area contributed by atoms with Crippen LogP contribution >= 0.6 is 0 Å². The highest BCUT2D eigenvalue weighted by molar-refractivity contribution is 5.78. The van der Waals surface area contributed by atoms with Gasteiger partial charge in [0, 0.05) is 11.5 Å². The molecule has 0 amide bonds. The molecule has 4 heteroatoms. The molecule has 2 aromatic rings. The first-order valence-electron chi connectivity index (χ1n) is 4.11. The Morgan fingerprint density at radius 2 is 2.07 bits per heavy atom. The lowest BCUT2D eigenvalue weighted by atomic mass is 10.2. The Labute approximate surface area is 81.5 Å². The molecular weight excluding hydrogens is 180 g/mol. The minimum atomic E-state index is 0.311. The summed E-state index contributed by atoms with van der Waals surface area (Å²) in [6, 6.07) is 5.82. The van der Waals surface area contributed by atoms with E-state index in [-0.39, 0.29) is 0 Å². The molecule has 0 spiro atoms. The Morgan fingerprint density at radius 3 is 2.79 bits per heavy atom. The van der Waals surface area contributed by atoms with E-state index < -0.39 is 0 Å². The summed E-state index contributed by atoms with van der Waals surface area (Å²) in [5, 5.41) is 0.839. The highest BCUT2D eigenvalue weighted by atomic mass is 16.5. The summed E-state index contributed by atoms with van der Waals surface area (Å²) >= 11 is 0. The van der Waals surface area contributed by atoms with Crippen LogP contribution in [0.2, 0.25) is 0 Å². The van der Waals surface area contributed by atoms with E-state index >= 15 is 0 Å². The van der Waals surface area contributed by atoms with Crippen LogP contribution in [0.5, 0.6) is 11.8 Å². The van der Waals surface area contributed by atoms with Gasteiger partial charge in [0.05, 0.1) is 19.7 Å². The van der Waals surface area contributed by atoms with E-state index in [0.29, 0.717) is 6.01 Å². The molecule has 0 aliphatic heterocycles. The van der Waals surface area contributed by atoms with Crippen LogP contribution in [0.15, 0.2) is 18.2 Å². The zero-order chi connectivity index (χ0) is 9.97. The molecule has 0 unspecified atom stereocenters. The average molecular weight is 189 g/mol. The van der Waals surface area contributed by atoms with Crippen LogP contribution in [-0.4, -0.2) is 24.2 Å². The first kappa shape index (κ1) is 8.74. The third-order valence-electron chi connectivity index (χ3n) is 1.88. The molecule has 1 heterocycles. The predicted octanol–water partition coefficient (Wildman–Crippen LogP) is 1.45. The van der Waals surface area contributed by atoms with E-state index in [9.17, 15) is 0 Å². The van der Waals surface area contributed by atoms with Crippen LogP contribution in [0.1, 0.15) is 0 Å². The lowest BCUT2D eigenvalue weighted by molar-refractivity contribution is 0.381. The van der Waals surface area contributed by atoms with E-state index in [1.807, 2.05) is 18.2 Å². The molecule has 0 N–H and O–H groups in total. The second kappa shape index (κ2) is 3.49. The fraction of sp³-hybridized carbons (Fsp3) is 0.200. The second-order valence-electron chi connectivity index (χ2n) is 2.71. The fourth-order valence-corrected chi connectivity index (χ4v) is 1.15. The van der Waals surface area contributed by atoms with Crippen LogP contribution in [-0.2, 0) is 0 Å². The van der Waals surface area contributed by atoms with Crippen molar-refractivity contribution in [2.75, 3.05) is 14.2 Å². The molecule has 1 aromatic carbocycles. The quantitative estimate of drug-likeness (QED) is 0.717. The van der Waals surface area contributed by atoms with Gasteiger partial charge in [0.15, 0.2) is 0 Å². The van der Waals surface area contributed by atoms with Crippen molar-refractivity contribution in [3.63, 3.8) is 0 Å². The monoisotopic (exact) mass is 189 g/mol. The third-order valence-corrected chi connectivity index (χ3v) is 1.88. The molecule has 0 atom stereocenters. The van der Waals surface area contributed by atoms with Gasteiger partial charge in [0.25, 0.3) is 0 Å². The van der Waals surface area contributed by atoms with Crippen molar-refractivity contribution in [1.82, 2.24) is 9.97 Å². The third kappa shape index (κ3) is 1.46. The zero-order valence-corrected chi connectivity index (χ0v) is 7.94. The maximum absolute atomic E-state index is 5.08. The van der Waals surface area contributed by atoms with Crippen molar-refractivity contribution in [3.05, 3.63) is 24.4 Å². The van der Waals surface area contributed by atoms with Crippen LogP contribution < -0.4 is 9.47 Å². The maximum atomic E-state index is 5.08. The summed E-state index contributed by atoms with van der Waals surface area (Å²) in [5.41, 5.74) is 0.760. The minimum Gasteiger partial charge on any atom is -0.497 e. The number of benzene rings is 1. The van der Waals surface area contributed by atoms with Crippen molar-refractivity contribution in [3.8, 4) is 11.8 Å². The van der Waals surface area contributed by atoms with Crippen molar-refractivity contribution in [1.29, 1.82) is 0 Å². The summed E-state index contributed by atoms with van der Waals surface area (Å²) < 4.78 is 9.98. The number of ether oxygens (including phenoxy) is 2. The van der Waals surface area contributed by atoms with Crippen LogP contribution in [0, 0.1) is 6.20 Å². The topological polar surface area (TPSA) is 44.2 Å². The van der Waals surface area contributed by atoms with E-state index in [2.05, 4.69) is 16.2 Å².